The largest absolute Gasteiger partial charge is 0.494 e. The zero-order valence-electron chi connectivity index (χ0n) is 12.1. The Hall–Kier alpha value is -1.87. The highest BCUT2D eigenvalue weighted by molar-refractivity contribution is 5.31. The molecule has 0 aliphatic rings. The zero-order chi connectivity index (χ0) is 14.5. The van der Waals surface area contributed by atoms with Crippen molar-refractivity contribution in [2.75, 3.05) is 7.11 Å². The number of rotatable bonds is 5. The Balaban J connectivity index is 2.08. The van der Waals surface area contributed by atoms with Crippen molar-refractivity contribution in [3.05, 3.63) is 65.5 Å². The summed E-state index contributed by atoms with van der Waals surface area (Å²) < 4.78 is 18.7. The monoisotopic (exact) mass is 273 g/mol. The fourth-order valence-corrected chi connectivity index (χ4v) is 2.26. The molecule has 0 amide bonds. The van der Waals surface area contributed by atoms with Crippen molar-refractivity contribution in [1.82, 2.24) is 5.32 Å². The molecule has 2 nitrogen and oxygen atoms in total. The number of hydrogen-bond acceptors (Lipinski definition) is 2. The minimum Gasteiger partial charge on any atom is -0.494 e. The molecule has 1 N–H and O–H groups in total. The topological polar surface area (TPSA) is 21.3 Å². The molecule has 2 unspecified atom stereocenters. The van der Waals surface area contributed by atoms with E-state index in [4.69, 9.17) is 4.74 Å². The van der Waals surface area contributed by atoms with Crippen LogP contribution in [-0.2, 0) is 0 Å². The summed E-state index contributed by atoms with van der Waals surface area (Å²) in [5, 5.41) is 3.47. The van der Waals surface area contributed by atoms with Crippen LogP contribution in [0.15, 0.2) is 48.5 Å². The summed E-state index contributed by atoms with van der Waals surface area (Å²) >= 11 is 0. The summed E-state index contributed by atoms with van der Waals surface area (Å²) in [6.07, 6.45) is 0. The predicted molar refractivity (Wildman–Crippen MR) is 79.4 cm³/mol. The summed E-state index contributed by atoms with van der Waals surface area (Å²) in [5.41, 5.74) is 2.12. The number of nitrogens with one attached hydrogen (secondary N) is 1. The second-order valence-electron chi connectivity index (χ2n) is 4.91. The predicted octanol–water partition coefficient (Wildman–Crippen LogP) is 4.25. The molecule has 0 aliphatic heterocycles. The molecular weight excluding hydrogens is 253 g/mol. The van der Waals surface area contributed by atoms with E-state index in [1.54, 1.807) is 6.07 Å². The van der Waals surface area contributed by atoms with Gasteiger partial charge in [-0.15, -0.1) is 0 Å². The van der Waals surface area contributed by atoms with Crippen LogP contribution in [0.5, 0.6) is 5.75 Å². The average Bonchev–Trinajstić information content (AvgIpc) is 2.48. The van der Waals surface area contributed by atoms with Crippen LogP contribution in [0.2, 0.25) is 0 Å². The van der Waals surface area contributed by atoms with E-state index in [-0.39, 0.29) is 23.7 Å². The van der Waals surface area contributed by atoms with Crippen LogP contribution in [0.3, 0.4) is 0 Å². The third-order valence-corrected chi connectivity index (χ3v) is 3.48. The van der Waals surface area contributed by atoms with Gasteiger partial charge in [0, 0.05) is 12.1 Å². The Morgan fingerprint density at radius 3 is 2.20 bits per heavy atom. The molecule has 0 spiro atoms. The van der Waals surface area contributed by atoms with Crippen molar-refractivity contribution >= 4 is 0 Å². The fourth-order valence-electron chi connectivity index (χ4n) is 2.26. The normalized spacial score (nSPS) is 13.8. The van der Waals surface area contributed by atoms with Crippen molar-refractivity contribution < 1.29 is 9.13 Å². The molecule has 0 aromatic heterocycles. The summed E-state index contributed by atoms with van der Waals surface area (Å²) in [4.78, 5) is 0. The van der Waals surface area contributed by atoms with Crippen molar-refractivity contribution in [1.29, 1.82) is 0 Å². The summed E-state index contributed by atoms with van der Waals surface area (Å²) in [7, 11) is 1.47. The maximum atomic E-state index is 13.7. The Kier molecular flexibility index (Phi) is 4.74. The quantitative estimate of drug-likeness (QED) is 0.879. The van der Waals surface area contributed by atoms with Crippen LogP contribution >= 0.6 is 0 Å². The fraction of sp³-hybridized carbons (Fsp3) is 0.294. The van der Waals surface area contributed by atoms with Gasteiger partial charge in [-0.1, -0.05) is 36.4 Å². The molecule has 0 fully saturated rings. The molecule has 0 saturated heterocycles. The molecule has 0 radical (unpaired) electrons. The summed E-state index contributed by atoms with van der Waals surface area (Å²) in [5.74, 6) is -0.0527. The third-order valence-electron chi connectivity index (χ3n) is 3.48. The van der Waals surface area contributed by atoms with Gasteiger partial charge in [0.25, 0.3) is 0 Å². The van der Waals surface area contributed by atoms with Crippen LogP contribution in [-0.4, -0.2) is 7.11 Å². The molecule has 2 aromatic carbocycles. The van der Waals surface area contributed by atoms with Gasteiger partial charge < -0.3 is 10.1 Å². The summed E-state index contributed by atoms with van der Waals surface area (Å²) in [6.45, 7) is 4.13. The maximum absolute atomic E-state index is 13.7. The highest BCUT2D eigenvalue weighted by atomic mass is 19.1. The first kappa shape index (κ1) is 14.5. The third kappa shape index (κ3) is 3.36. The number of hydrogen-bond donors (Lipinski definition) is 1. The van der Waals surface area contributed by atoms with E-state index in [0.29, 0.717) is 0 Å². The van der Waals surface area contributed by atoms with Crippen molar-refractivity contribution in [2.45, 2.75) is 25.9 Å². The van der Waals surface area contributed by atoms with E-state index >= 15 is 0 Å². The average molecular weight is 273 g/mol. The Labute approximate surface area is 119 Å². The van der Waals surface area contributed by atoms with Gasteiger partial charge in [0.15, 0.2) is 11.6 Å². The lowest BCUT2D eigenvalue weighted by atomic mass is 10.0. The van der Waals surface area contributed by atoms with E-state index in [1.165, 1.54) is 18.7 Å². The van der Waals surface area contributed by atoms with Gasteiger partial charge in [-0.05, 0) is 37.1 Å². The molecule has 20 heavy (non-hydrogen) atoms. The highest BCUT2D eigenvalue weighted by Gasteiger charge is 2.13. The molecule has 3 heteroatoms. The molecule has 0 saturated carbocycles. The van der Waals surface area contributed by atoms with E-state index in [9.17, 15) is 4.39 Å². The van der Waals surface area contributed by atoms with Crippen molar-refractivity contribution in [2.24, 2.45) is 0 Å². The standard InChI is InChI=1S/C17H20FNO/c1-12(14-7-5-4-6-8-14)19-13(2)15-9-10-17(20-3)16(18)11-15/h4-13,19H,1-3H3. The minimum atomic E-state index is -0.328. The zero-order valence-corrected chi connectivity index (χ0v) is 12.1. The van der Waals surface area contributed by atoms with Crippen LogP contribution in [0.25, 0.3) is 0 Å². The molecule has 0 bridgehead atoms. The molecule has 0 aliphatic carbocycles. The van der Waals surface area contributed by atoms with Crippen LogP contribution in [0, 0.1) is 5.82 Å². The lowest BCUT2D eigenvalue weighted by molar-refractivity contribution is 0.385. The van der Waals surface area contributed by atoms with Crippen LogP contribution in [0.4, 0.5) is 4.39 Å². The van der Waals surface area contributed by atoms with Crippen molar-refractivity contribution in [3.8, 4) is 5.75 Å². The van der Waals surface area contributed by atoms with Gasteiger partial charge in [-0.3, -0.25) is 0 Å². The molecule has 2 aromatic rings. The first-order valence-corrected chi connectivity index (χ1v) is 6.76. The Morgan fingerprint density at radius 1 is 0.950 bits per heavy atom. The smallest absolute Gasteiger partial charge is 0.165 e. The van der Waals surface area contributed by atoms with Gasteiger partial charge in [0.2, 0.25) is 0 Å². The van der Waals surface area contributed by atoms with Gasteiger partial charge in [0.1, 0.15) is 0 Å². The maximum Gasteiger partial charge on any atom is 0.165 e. The van der Waals surface area contributed by atoms with Crippen LogP contribution < -0.4 is 10.1 Å². The highest BCUT2D eigenvalue weighted by Crippen LogP contribution is 2.24. The molecular formula is C17H20FNO. The lowest BCUT2D eigenvalue weighted by Gasteiger charge is -2.21. The number of methoxy groups -OCH3 is 1. The molecule has 2 atom stereocenters. The molecule has 2 rings (SSSR count). The van der Waals surface area contributed by atoms with Gasteiger partial charge >= 0.3 is 0 Å². The minimum absolute atomic E-state index is 0.0608. The number of ether oxygens (including phenoxy) is 1. The van der Waals surface area contributed by atoms with E-state index in [2.05, 4.69) is 24.4 Å². The number of halogens is 1. The van der Waals surface area contributed by atoms with E-state index in [1.807, 2.05) is 31.2 Å². The molecule has 106 valence electrons. The van der Waals surface area contributed by atoms with Gasteiger partial charge in [-0.25, -0.2) is 4.39 Å². The van der Waals surface area contributed by atoms with Gasteiger partial charge in [-0.2, -0.15) is 0 Å². The van der Waals surface area contributed by atoms with Crippen LogP contribution in [0.1, 0.15) is 37.1 Å². The van der Waals surface area contributed by atoms with Crippen molar-refractivity contribution in [3.63, 3.8) is 0 Å². The Morgan fingerprint density at radius 2 is 1.60 bits per heavy atom. The van der Waals surface area contributed by atoms with Gasteiger partial charge in [0.05, 0.1) is 7.11 Å². The first-order valence-electron chi connectivity index (χ1n) is 6.76. The second kappa shape index (κ2) is 6.53. The first-order chi connectivity index (χ1) is 9.61. The molecule has 0 heterocycles. The SMILES string of the molecule is COc1ccc(C(C)NC(C)c2ccccc2)cc1F. The number of benzene rings is 2. The lowest BCUT2D eigenvalue weighted by Crippen LogP contribution is -2.22. The second-order valence-corrected chi connectivity index (χ2v) is 4.91. The van der Waals surface area contributed by atoms with E-state index in [0.717, 1.165) is 5.56 Å². The van der Waals surface area contributed by atoms with E-state index < -0.39 is 0 Å². The summed E-state index contributed by atoms with van der Waals surface area (Å²) in [6, 6.07) is 15.5. The Bertz CT molecular complexity index is 556.